The average molecular weight is 317 g/mol. The maximum atomic E-state index is 12.9. The van der Waals surface area contributed by atoms with Crippen LogP contribution in [0.15, 0.2) is 16.7 Å². The predicted molar refractivity (Wildman–Crippen MR) is 85.1 cm³/mol. The lowest BCUT2D eigenvalue weighted by molar-refractivity contribution is -0.00702. The number of aromatic amines is 1. The average Bonchev–Trinajstić information content (AvgIpc) is 3.10. The molecule has 6 nitrogen and oxygen atoms in total. The standard InChI is InChI=1S/C17H23N3O3/c1-5-20(9-14-10(2)6-7-22-14)17(21)16-13-8-11(3)23-12(4)15(13)18-19-16/h6-7,11-12H,5,8-9H2,1-4H3,(H,18,19)/t11-,12+/m0/s1. The van der Waals surface area contributed by atoms with E-state index in [9.17, 15) is 4.79 Å². The number of hydrogen-bond acceptors (Lipinski definition) is 4. The third-order valence-corrected chi connectivity index (χ3v) is 4.41. The number of aromatic nitrogens is 2. The van der Waals surface area contributed by atoms with Crippen LogP contribution in [0, 0.1) is 6.92 Å². The van der Waals surface area contributed by atoms with Crippen molar-refractivity contribution in [3.63, 3.8) is 0 Å². The molecule has 1 N–H and O–H groups in total. The maximum Gasteiger partial charge on any atom is 0.275 e. The van der Waals surface area contributed by atoms with E-state index in [-0.39, 0.29) is 18.1 Å². The van der Waals surface area contributed by atoms with Crippen LogP contribution in [0.5, 0.6) is 0 Å². The number of fused-ring (bicyclic) bond motifs is 1. The molecular weight excluding hydrogens is 294 g/mol. The fourth-order valence-corrected chi connectivity index (χ4v) is 3.07. The number of H-pyrrole nitrogens is 1. The number of amides is 1. The predicted octanol–water partition coefficient (Wildman–Crippen LogP) is 3.00. The number of carbonyl (C=O) groups is 1. The molecule has 1 amide bonds. The van der Waals surface area contributed by atoms with Crippen LogP contribution < -0.4 is 0 Å². The van der Waals surface area contributed by atoms with Gasteiger partial charge in [0.1, 0.15) is 5.76 Å². The molecule has 3 rings (SSSR count). The Bertz CT molecular complexity index is 704. The maximum absolute atomic E-state index is 12.9. The molecular formula is C17H23N3O3. The molecule has 0 aliphatic carbocycles. The molecule has 2 aromatic rings. The van der Waals surface area contributed by atoms with Crippen molar-refractivity contribution in [2.45, 2.75) is 52.9 Å². The zero-order chi connectivity index (χ0) is 16.6. The van der Waals surface area contributed by atoms with Gasteiger partial charge in [0.2, 0.25) is 0 Å². The highest BCUT2D eigenvalue weighted by atomic mass is 16.5. The third kappa shape index (κ3) is 2.91. The molecule has 2 atom stereocenters. The van der Waals surface area contributed by atoms with E-state index in [1.807, 2.05) is 33.8 Å². The van der Waals surface area contributed by atoms with E-state index in [0.29, 0.717) is 25.2 Å². The Labute approximate surface area is 135 Å². The van der Waals surface area contributed by atoms with Crippen molar-refractivity contribution in [1.82, 2.24) is 15.1 Å². The van der Waals surface area contributed by atoms with Crippen LogP contribution in [-0.4, -0.2) is 33.7 Å². The van der Waals surface area contributed by atoms with Crippen molar-refractivity contribution in [2.75, 3.05) is 6.54 Å². The zero-order valence-electron chi connectivity index (χ0n) is 14.0. The summed E-state index contributed by atoms with van der Waals surface area (Å²) in [5, 5.41) is 7.26. The van der Waals surface area contributed by atoms with Gasteiger partial charge in [-0.2, -0.15) is 5.10 Å². The van der Waals surface area contributed by atoms with Crippen LogP contribution in [0.3, 0.4) is 0 Å². The van der Waals surface area contributed by atoms with Gasteiger partial charge in [-0.1, -0.05) is 0 Å². The second-order valence-electron chi connectivity index (χ2n) is 6.10. The summed E-state index contributed by atoms with van der Waals surface area (Å²) in [5.74, 6) is 0.747. The molecule has 124 valence electrons. The lowest BCUT2D eigenvalue weighted by Crippen LogP contribution is -2.32. The first kappa shape index (κ1) is 15.8. The van der Waals surface area contributed by atoms with Gasteiger partial charge in [-0.25, -0.2) is 0 Å². The normalized spacial score (nSPS) is 20.3. The molecule has 0 fully saturated rings. The summed E-state index contributed by atoms with van der Waals surface area (Å²) in [5.41, 5.74) is 3.46. The van der Waals surface area contributed by atoms with Gasteiger partial charge in [0.25, 0.3) is 5.91 Å². The highest BCUT2D eigenvalue weighted by Gasteiger charge is 2.31. The fraction of sp³-hybridized carbons (Fsp3) is 0.529. The Morgan fingerprint density at radius 2 is 2.26 bits per heavy atom. The SMILES string of the molecule is CCN(Cc1occc1C)C(=O)c1n[nH]c2c1C[C@H](C)O[C@@H]2C. The first-order valence-electron chi connectivity index (χ1n) is 8.06. The molecule has 0 saturated carbocycles. The Hall–Kier alpha value is -2.08. The molecule has 6 heteroatoms. The molecule has 0 spiro atoms. The topological polar surface area (TPSA) is 71.4 Å². The van der Waals surface area contributed by atoms with E-state index >= 15 is 0 Å². The molecule has 0 saturated heterocycles. The van der Waals surface area contributed by atoms with Crippen molar-refractivity contribution in [3.05, 3.63) is 40.6 Å². The molecule has 3 heterocycles. The number of furan rings is 1. The Kier molecular flexibility index (Phi) is 4.26. The summed E-state index contributed by atoms with van der Waals surface area (Å²) in [4.78, 5) is 14.7. The first-order chi connectivity index (χ1) is 11.0. The summed E-state index contributed by atoms with van der Waals surface area (Å²) >= 11 is 0. The first-order valence-corrected chi connectivity index (χ1v) is 8.06. The third-order valence-electron chi connectivity index (χ3n) is 4.41. The van der Waals surface area contributed by atoms with Crippen molar-refractivity contribution < 1.29 is 13.9 Å². The lowest BCUT2D eigenvalue weighted by Gasteiger charge is -2.26. The Balaban J connectivity index is 1.86. The second kappa shape index (κ2) is 6.20. The minimum atomic E-state index is -0.0675. The molecule has 0 bridgehead atoms. The largest absolute Gasteiger partial charge is 0.467 e. The van der Waals surface area contributed by atoms with E-state index in [2.05, 4.69) is 10.2 Å². The van der Waals surface area contributed by atoms with Gasteiger partial charge in [-0.3, -0.25) is 9.89 Å². The molecule has 1 aliphatic heterocycles. The van der Waals surface area contributed by atoms with Gasteiger partial charge in [0, 0.05) is 18.5 Å². The highest BCUT2D eigenvalue weighted by Crippen LogP contribution is 2.30. The van der Waals surface area contributed by atoms with Crippen molar-refractivity contribution in [3.8, 4) is 0 Å². The van der Waals surface area contributed by atoms with Gasteiger partial charge < -0.3 is 14.1 Å². The summed E-state index contributed by atoms with van der Waals surface area (Å²) in [6.45, 7) is 8.99. The minimum absolute atomic E-state index is 0.0646. The fourth-order valence-electron chi connectivity index (χ4n) is 3.07. The summed E-state index contributed by atoms with van der Waals surface area (Å²) in [7, 11) is 0. The number of hydrogen-bond donors (Lipinski definition) is 1. The lowest BCUT2D eigenvalue weighted by atomic mass is 9.99. The van der Waals surface area contributed by atoms with Gasteiger partial charge in [0.15, 0.2) is 5.69 Å². The zero-order valence-corrected chi connectivity index (χ0v) is 14.0. The van der Waals surface area contributed by atoms with E-state index in [1.165, 1.54) is 0 Å². The van der Waals surface area contributed by atoms with E-state index in [1.54, 1.807) is 11.2 Å². The van der Waals surface area contributed by atoms with Crippen LogP contribution in [-0.2, 0) is 17.7 Å². The van der Waals surface area contributed by atoms with Crippen LogP contribution in [0.2, 0.25) is 0 Å². The van der Waals surface area contributed by atoms with Gasteiger partial charge in [0.05, 0.1) is 30.7 Å². The molecule has 23 heavy (non-hydrogen) atoms. The minimum Gasteiger partial charge on any atom is -0.467 e. The summed E-state index contributed by atoms with van der Waals surface area (Å²) in [6, 6.07) is 1.91. The van der Waals surface area contributed by atoms with Crippen molar-refractivity contribution in [1.29, 1.82) is 0 Å². The van der Waals surface area contributed by atoms with Crippen LogP contribution >= 0.6 is 0 Å². The van der Waals surface area contributed by atoms with Crippen LogP contribution in [0.1, 0.15) is 59.9 Å². The second-order valence-corrected chi connectivity index (χ2v) is 6.10. The number of ether oxygens (including phenoxy) is 1. The molecule has 0 aromatic carbocycles. The molecule has 2 aromatic heterocycles. The van der Waals surface area contributed by atoms with Crippen molar-refractivity contribution >= 4 is 5.91 Å². The highest BCUT2D eigenvalue weighted by molar-refractivity contribution is 5.94. The van der Waals surface area contributed by atoms with E-state index in [0.717, 1.165) is 22.6 Å². The molecule has 0 radical (unpaired) electrons. The van der Waals surface area contributed by atoms with Crippen molar-refractivity contribution in [2.24, 2.45) is 0 Å². The quantitative estimate of drug-likeness (QED) is 0.941. The summed E-state index contributed by atoms with van der Waals surface area (Å²) in [6.07, 6.45) is 2.38. The molecule has 1 aliphatic rings. The van der Waals surface area contributed by atoms with Gasteiger partial charge in [-0.15, -0.1) is 0 Å². The number of carbonyl (C=O) groups excluding carboxylic acids is 1. The number of nitrogens with one attached hydrogen (secondary N) is 1. The summed E-state index contributed by atoms with van der Waals surface area (Å²) < 4.78 is 11.3. The smallest absolute Gasteiger partial charge is 0.275 e. The van der Waals surface area contributed by atoms with E-state index in [4.69, 9.17) is 9.15 Å². The van der Waals surface area contributed by atoms with Gasteiger partial charge >= 0.3 is 0 Å². The Morgan fingerprint density at radius 3 is 2.91 bits per heavy atom. The monoisotopic (exact) mass is 317 g/mol. The van der Waals surface area contributed by atoms with E-state index < -0.39 is 0 Å². The number of aryl methyl sites for hydroxylation is 1. The van der Waals surface area contributed by atoms with Crippen LogP contribution in [0.25, 0.3) is 0 Å². The van der Waals surface area contributed by atoms with Crippen LogP contribution in [0.4, 0.5) is 0 Å². The number of rotatable bonds is 4. The van der Waals surface area contributed by atoms with Gasteiger partial charge in [-0.05, 0) is 39.3 Å². The Morgan fingerprint density at radius 1 is 1.48 bits per heavy atom. The molecule has 0 unspecified atom stereocenters. The number of nitrogens with zero attached hydrogens (tertiary/aromatic N) is 2.